The Morgan fingerprint density at radius 2 is 1.79 bits per heavy atom. The Kier molecular flexibility index (Phi) is 5.67. The van der Waals surface area contributed by atoms with E-state index in [2.05, 4.69) is 15.9 Å². The van der Waals surface area contributed by atoms with Gasteiger partial charge in [-0.2, -0.15) is 0 Å². The number of Topliss-reactive ketones (excluding diaryl/α,β-unsaturated/α-hetero) is 1. The van der Waals surface area contributed by atoms with E-state index < -0.39 is 0 Å². The number of carbonyl (C=O) groups is 1. The molecule has 0 fully saturated rings. The Hall–Kier alpha value is -3.05. The number of allylic oxidation sites excluding steroid dienone is 1. The number of rotatable bonds is 6. The summed E-state index contributed by atoms with van der Waals surface area (Å²) in [5, 5.41) is 0. The van der Waals surface area contributed by atoms with Crippen molar-refractivity contribution < 1.29 is 19.0 Å². The number of carbonyl (C=O) groups excluding carboxylic acids is 1. The second kappa shape index (κ2) is 8.53. The molecule has 4 nitrogen and oxygen atoms in total. The van der Waals surface area contributed by atoms with E-state index in [-0.39, 0.29) is 11.5 Å². The zero-order valence-corrected chi connectivity index (χ0v) is 17.4. The highest BCUT2D eigenvalue weighted by Gasteiger charge is 2.31. The second-order valence-corrected chi connectivity index (χ2v) is 7.37. The van der Waals surface area contributed by atoms with Crippen LogP contribution >= 0.6 is 15.9 Å². The summed E-state index contributed by atoms with van der Waals surface area (Å²) in [6.45, 7) is 2.83. The van der Waals surface area contributed by atoms with E-state index in [1.54, 1.807) is 18.2 Å². The quantitative estimate of drug-likeness (QED) is 0.429. The summed E-state index contributed by atoms with van der Waals surface area (Å²) in [7, 11) is 0. The number of ketones is 1. The standard InChI is InChI=1S/C24H19BrO4/c1-2-27-19-12-11-18(25)13-17(19)14-22-24(26)23-20(9-6-10-21(23)29-22)28-15-16-7-4-3-5-8-16/h3-14H,2,15H2,1H3/b22-14-. The van der Waals surface area contributed by atoms with Crippen molar-refractivity contribution >= 4 is 27.8 Å². The number of ether oxygens (including phenoxy) is 3. The first kappa shape index (κ1) is 19.3. The van der Waals surface area contributed by atoms with E-state index in [4.69, 9.17) is 14.2 Å². The summed E-state index contributed by atoms with van der Waals surface area (Å²) in [4.78, 5) is 13.1. The molecule has 0 saturated carbocycles. The molecule has 1 aliphatic rings. The summed E-state index contributed by atoms with van der Waals surface area (Å²) in [5.74, 6) is 1.75. The van der Waals surface area contributed by atoms with Gasteiger partial charge in [-0.15, -0.1) is 0 Å². The van der Waals surface area contributed by atoms with Crippen LogP contribution in [0.3, 0.4) is 0 Å². The van der Waals surface area contributed by atoms with Gasteiger partial charge in [-0.05, 0) is 48.9 Å². The molecule has 3 aromatic rings. The summed E-state index contributed by atoms with van der Waals surface area (Å²) in [5.41, 5.74) is 2.24. The minimum absolute atomic E-state index is 0.203. The van der Waals surface area contributed by atoms with Crippen LogP contribution in [0, 0.1) is 0 Å². The second-order valence-electron chi connectivity index (χ2n) is 6.46. The Labute approximate surface area is 177 Å². The maximum Gasteiger partial charge on any atom is 0.235 e. The topological polar surface area (TPSA) is 44.8 Å². The molecule has 0 spiro atoms. The Balaban J connectivity index is 1.62. The molecule has 0 aliphatic carbocycles. The molecular weight excluding hydrogens is 432 g/mol. The summed E-state index contributed by atoms with van der Waals surface area (Å²) >= 11 is 3.46. The smallest absolute Gasteiger partial charge is 0.235 e. The van der Waals surface area contributed by atoms with Crippen molar-refractivity contribution in [1.82, 2.24) is 0 Å². The molecule has 4 rings (SSSR count). The lowest BCUT2D eigenvalue weighted by Gasteiger charge is -2.08. The Morgan fingerprint density at radius 1 is 0.966 bits per heavy atom. The maximum atomic E-state index is 13.1. The lowest BCUT2D eigenvalue weighted by atomic mass is 10.1. The van der Waals surface area contributed by atoms with Crippen LogP contribution in [-0.4, -0.2) is 12.4 Å². The predicted molar refractivity (Wildman–Crippen MR) is 115 cm³/mol. The van der Waals surface area contributed by atoms with Crippen molar-refractivity contribution in [3.63, 3.8) is 0 Å². The zero-order valence-electron chi connectivity index (χ0n) is 15.9. The fraction of sp³-hybridized carbons (Fsp3) is 0.125. The average molecular weight is 451 g/mol. The number of hydrogen-bond donors (Lipinski definition) is 0. The third-order valence-corrected chi connectivity index (χ3v) is 4.95. The minimum atomic E-state index is -0.203. The van der Waals surface area contributed by atoms with Gasteiger partial charge < -0.3 is 14.2 Å². The number of hydrogen-bond acceptors (Lipinski definition) is 4. The first-order valence-corrected chi connectivity index (χ1v) is 10.1. The van der Waals surface area contributed by atoms with E-state index in [0.29, 0.717) is 36.0 Å². The van der Waals surface area contributed by atoms with Crippen LogP contribution in [0.2, 0.25) is 0 Å². The van der Waals surface area contributed by atoms with Gasteiger partial charge >= 0.3 is 0 Å². The third-order valence-electron chi connectivity index (χ3n) is 4.45. The van der Waals surface area contributed by atoms with Crippen molar-refractivity contribution in [3.05, 3.63) is 93.7 Å². The van der Waals surface area contributed by atoms with E-state index in [1.807, 2.05) is 61.5 Å². The molecular formula is C24H19BrO4. The van der Waals surface area contributed by atoms with Crippen LogP contribution in [0.25, 0.3) is 6.08 Å². The van der Waals surface area contributed by atoms with Crippen molar-refractivity contribution in [1.29, 1.82) is 0 Å². The van der Waals surface area contributed by atoms with Crippen molar-refractivity contribution in [2.45, 2.75) is 13.5 Å². The summed E-state index contributed by atoms with van der Waals surface area (Å²) in [6.07, 6.45) is 1.71. The molecule has 0 N–H and O–H groups in total. The lowest BCUT2D eigenvalue weighted by molar-refractivity contribution is 0.101. The van der Waals surface area contributed by atoms with Gasteiger partial charge in [0, 0.05) is 10.0 Å². The molecule has 3 aromatic carbocycles. The van der Waals surface area contributed by atoms with Gasteiger partial charge in [0.2, 0.25) is 5.78 Å². The molecule has 0 unspecified atom stereocenters. The van der Waals surface area contributed by atoms with E-state index in [0.717, 1.165) is 15.6 Å². The Morgan fingerprint density at radius 3 is 2.59 bits per heavy atom. The highest BCUT2D eigenvalue weighted by atomic mass is 79.9. The largest absolute Gasteiger partial charge is 0.493 e. The average Bonchev–Trinajstić information content (AvgIpc) is 3.05. The van der Waals surface area contributed by atoms with Gasteiger partial charge in [-0.3, -0.25) is 4.79 Å². The van der Waals surface area contributed by atoms with Crippen molar-refractivity contribution in [3.8, 4) is 17.2 Å². The van der Waals surface area contributed by atoms with Gasteiger partial charge in [0.15, 0.2) is 5.76 Å². The molecule has 5 heteroatoms. The van der Waals surface area contributed by atoms with E-state index in [1.165, 1.54) is 0 Å². The number of benzene rings is 3. The molecule has 0 bridgehead atoms. The fourth-order valence-corrected chi connectivity index (χ4v) is 3.50. The molecule has 0 atom stereocenters. The number of fused-ring (bicyclic) bond motifs is 1. The molecule has 0 amide bonds. The lowest BCUT2D eigenvalue weighted by Crippen LogP contribution is -2.03. The maximum absolute atomic E-state index is 13.1. The van der Waals surface area contributed by atoms with Crippen molar-refractivity contribution in [2.75, 3.05) is 6.61 Å². The van der Waals surface area contributed by atoms with Crippen LogP contribution in [0.15, 0.2) is 77.0 Å². The predicted octanol–water partition coefficient (Wildman–Crippen LogP) is 6.04. The highest BCUT2D eigenvalue weighted by Crippen LogP contribution is 2.39. The van der Waals surface area contributed by atoms with Crippen LogP contribution in [0.1, 0.15) is 28.4 Å². The van der Waals surface area contributed by atoms with E-state index in [9.17, 15) is 4.79 Å². The van der Waals surface area contributed by atoms with Crippen LogP contribution in [0.5, 0.6) is 17.2 Å². The molecule has 0 radical (unpaired) electrons. The summed E-state index contributed by atoms with van der Waals surface area (Å²) < 4.78 is 18.3. The minimum Gasteiger partial charge on any atom is -0.493 e. The van der Waals surface area contributed by atoms with Gasteiger partial charge in [0.05, 0.1) is 6.61 Å². The summed E-state index contributed by atoms with van der Waals surface area (Å²) in [6, 6.07) is 20.9. The van der Waals surface area contributed by atoms with Crippen LogP contribution in [-0.2, 0) is 6.61 Å². The third kappa shape index (κ3) is 4.20. The number of halogens is 1. The molecule has 0 aromatic heterocycles. The van der Waals surface area contributed by atoms with Crippen LogP contribution < -0.4 is 14.2 Å². The van der Waals surface area contributed by atoms with Crippen molar-refractivity contribution in [2.24, 2.45) is 0 Å². The molecule has 1 aliphatic heterocycles. The van der Waals surface area contributed by atoms with E-state index >= 15 is 0 Å². The fourth-order valence-electron chi connectivity index (χ4n) is 3.12. The molecule has 29 heavy (non-hydrogen) atoms. The monoisotopic (exact) mass is 450 g/mol. The van der Waals surface area contributed by atoms with Gasteiger partial charge in [0.25, 0.3) is 0 Å². The normalized spacial score (nSPS) is 13.9. The first-order valence-electron chi connectivity index (χ1n) is 9.32. The van der Waals surface area contributed by atoms with Crippen LogP contribution in [0.4, 0.5) is 0 Å². The molecule has 146 valence electrons. The highest BCUT2D eigenvalue weighted by molar-refractivity contribution is 9.10. The van der Waals surface area contributed by atoms with Gasteiger partial charge in [-0.1, -0.05) is 52.3 Å². The first-order chi connectivity index (χ1) is 14.2. The molecule has 1 heterocycles. The zero-order chi connectivity index (χ0) is 20.2. The SMILES string of the molecule is CCOc1ccc(Br)cc1/C=C1\Oc2cccc(OCc3ccccc3)c2C1=O. The Bertz CT molecular complexity index is 1070. The van der Waals surface area contributed by atoms with Gasteiger partial charge in [-0.25, -0.2) is 0 Å². The van der Waals surface area contributed by atoms with Gasteiger partial charge in [0.1, 0.15) is 29.4 Å². The molecule has 0 saturated heterocycles.